The number of amides is 2. The quantitative estimate of drug-likeness (QED) is 0.683. The van der Waals surface area contributed by atoms with Crippen molar-refractivity contribution in [3.8, 4) is 0 Å². The molecule has 8 nitrogen and oxygen atoms in total. The maximum Gasteiger partial charge on any atom is 0.317 e. The average molecular weight is 488 g/mol. The number of hydrogen-bond acceptors (Lipinski definition) is 5. The molecule has 1 aliphatic carbocycles. The van der Waals surface area contributed by atoms with Crippen molar-refractivity contribution in [3.05, 3.63) is 59.1 Å². The highest BCUT2D eigenvalue weighted by molar-refractivity contribution is 5.78. The summed E-state index contributed by atoms with van der Waals surface area (Å²) >= 11 is 0. The second-order valence-electron chi connectivity index (χ2n) is 10.9. The molecule has 2 amide bonds. The number of aromatic nitrogens is 2. The van der Waals surface area contributed by atoms with Crippen molar-refractivity contribution in [3.63, 3.8) is 0 Å². The van der Waals surface area contributed by atoms with Crippen molar-refractivity contribution >= 4 is 17.8 Å². The van der Waals surface area contributed by atoms with E-state index in [-0.39, 0.29) is 18.2 Å². The van der Waals surface area contributed by atoms with Crippen LogP contribution in [0.15, 0.2) is 47.1 Å². The average Bonchev–Trinajstić information content (AvgIpc) is 3.52. The number of H-pyrrole nitrogens is 1. The topological polar surface area (TPSA) is 79.9 Å². The van der Waals surface area contributed by atoms with E-state index < -0.39 is 0 Å². The van der Waals surface area contributed by atoms with Gasteiger partial charge < -0.3 is 20.0 Å². The molecule has 1 fully saturated rings. The van der Waals surface area contributed by atoms with E-state index in [0.717, 1.165) is 68.0 Å². The number of aliphatic imine (C=N–C) groups is 1. The molecule has 2 N–H and O–H groups in total. The molecule has 0 spiro atoms. The first-order valence-corrected chi connectivity index (χ1v) is 13.4. The monoisotopic (exact) mass is 487 g/mol. The van der Waals surface area contributed by atoms with Gasteiger partial charge in [-0.2, -0.15) is 5.10 Å². The summed E-state index contributed by atoms with van der Waals surface area (Å²) in [5.74, 6) is 1.13. The van der Waals surface area contributed by atoms with Crippen molar-refractivity contribution in [2.45, 2.75) is 51.9 Å². The van der Waals surface area contributed by atoms with Gasteiger partial charge in [-0.15, -0.1) is 0 Å². The molecule has 0 aromatic carbocycles. The smallest absolute Gasteiger partial charge is 0.317 e. The highest BCUT2D eigenvalue weighted by Crippen LogP contribution is 2.30. The van der Waals surface area contributed by atoms with Crippen LogP contribution in [-0.2, 0) is 13.0 Å². The standard InChI is InChI=1S/C28H37N7O/c1-19-5-3-6-20(2)23(19)17-33-12-4-7-22(16-33)30-28(36)35-13-10-25-24(18-35)27(32-31-25)21-8-9-26-29-11-14-34(26)15-21/h3,5-6,8-9,11,15,19,22-23,26H,4,7,10,12-14,16-18H2,1-2H3,(H,30,36)(H,31,32). The van der Waals surface area contributed by atoms with E-state index in [1.54, 1.807) is 0 Å². The van der Waals surface area contributed by atoms with Crippen LogP contribution in [0.4, 0.5) is 4.79 Å². The van der Waals surface area contributed by atoms with Gasteiger partial charge in [0.25, 0.3) is 0 Å². The van der Waals surface area contributed by atoms with Crippen molar-refractivity contribution in [1.29, 1.82) is 0 Å². The van der Waals surface area contributed by atoms with Gasteiger partial charge in [-0.25, -0.2) is 4.79 Å². The van der Waals surface area contributed by atoms with Gasteiger partial charge in [0, 0.05) is 61.3 Å². The van der Waals surface area contributed by atoms with Gasteiger partial charge in [-0.1, -0.05) is 36.8 Å². The minimum absolute atomic E-state index is 0.0471. The van der Waals surface area contributed by atoms with Crippen LogP contribution in [-0.4, -0.2) is 82.1 Å². The van der Waals surface area contributed by atoms with Crippen LogP contribution in [0, 0.1) is 11.8 Å². The van der Waals surface area contributed by atoms with Gasteiger partial charge in [-0.3, -0.25) is 10.1 Å². The molecule has 5 heterocycles. The summed E-state index contributed by atoms with van der Waals surface area (Å²) < 4.78 is 0. The molecule has 5 aliphatic rings. The minimum Gasteiger partial charge on any atom is -0.347 e. The molecule has 4 aliphatic heterocycles. The van der Waals surface area contributed by atoms with E-state index in [9.17, 15) is 4.79 Å². The lowest BCUT2D eigenvalue weighted by Gasteiger charge is -2.38. The second-order valence-corrected chi connectivity index (χ2v) is 10.9. The fourth-order valence-electron chi connectivity index (χ4n) is 6.24. The molecule has 8 heteroatoms. The van der Waals surface area contributed by atoms with Crippen LogP contribution in [0.25, 0.3) is 5.57 Å². The lowest BCUT2D eigenvalue weighted by molar-refractivity contribution is 0.150. The number of fused-ring (bicyclic) bond motifs is 2. The largest absolute Gasteiger partial charge is 0.347 e. The lowest BCUT2D eigenvalue weighted by Crippen LogP contribution is -2.53. The molecular weight excluding hydrogens is 450 g/mol. The number of carbonyl (C=O) groups excluding carboxylic acids is 1. The third-order valence-electron chi connectivity index (χ3n) is 8.42. The molecule has 0 radical (unpaired) electrons. The number of likely N-dealkylation sites (tertiary alicyclic amines) is 1. The maximum absolute atomic E-state index is 13.3. The van der Waals surface area contributed by atoms with E-state index in [1.165, 1.54) is 5.57 Å². The summed E-state index contributed by atoms with van der Waals surface area (Å²) in [7, 11) is 0. The fourth-order valence-corrected chi connectivity index (χ4v) is 6.24. The summed E-state index contributed by atoms with van der Waals surface area (Å²) in [6.07, 6.45) is 18.2. The number of carbonyl (C=O) groups is 1. The Hall–Kier alpha value is -3.13. The molecule has 0 bridgehead atoms. The van der Waals surface area contributed by atoms with E-state index in [0.29, 0.717) is 24.9 Å². The molecular formula is C28H37N7O. The molecule has 4 atom stereocenters. The summed E-state index contributed by atoms with van der Waals surface area (Å²) in [4.78, 5) is 24.5. The Labute approximate surface area is 213 Å². The van der Waals surface area contributed by atoms with E-state index >= 15 is 0 Å². The van der Waals surface area contributed by atoms with Crippen molar-refractivity contribution in [1.82, 2.24) is 30.2 Å². The summed E-state index contributed by atoms with van der Waals surface area (Å²) in [6, 6.07) is 0.247. The number of urea groups is 1. The Morgan fingerprint density at radius 2 is 2.19 bits per heavy atom. The predicted molar refractivity (Wildman–Crippen MR) is 142 cm³/mol. The fraction of sp³-hybridized carbons (Fsp3) is 0.536. The zero-order valence-corrected chi connectivity index (χ0v) is 21.4. The van der Waals surface area contributed by atoms with Gasteiger partial charge in [0.05, 0.1) is 18.8 Å². The zero-order valence-electron chi connectivity index (χ0n) is 21.4. The normalized spacial score (nSPS) is 29.6. The Morgan fingerprint density at radius 3 is 3.08 bits per heavy atom. The third-order valence-corrected chi connectivity index (χ3v) is 8.42. The van der Waals surface area contributed by atoms with Crippen LogP contribution >= 0.6 is 0 Å². The van der Waals surface area contributed by atoms with Crippen LogP contribution in [0.3, 0.4) is 0 Å². The summed E-state index contributed by atoms with van der Waals surface area (Å²) in [5, 5.41) is 11.2. The number of hydrogen-bond donors (Lipinski definition) is 2. The summed E-state index contributed by atoms with van der Waals surface area (Å²) in [5.41, 5.74) is 5.78. The number of nitrogens with zero attached hydrogens (tertiary/aromatic N) is 5. The summed E-state index contributed by atoms with van der Waals surface area (Å²) in [6.45, 7) is 9.79. The van der Waals surface area contributed by atoms with Gasteiger partial charge in [0.2, 0.25) is 0 Å². The molecule has 1 saturated heterocycles. The van der Waals surface area contributed by atoms with Gasteiger partial charge >= 0.3 is 6.03 Å². The molecule has 0 saturated carbocycles. The highest BCUT2D eigenvalue weighted by Gasteiger charge is 2.31. The molecule has 6 rings (SSSR count). The first-order valence-electron chi connectivity index (χ1n) is 13.4. The number of allylic oxidation sites excluding steroid dienone is 5. The molecule has 1 aromatic rings. The number of piperidine rings is 1. The Bertz CT molecular complexity index is 1160. The van der Waals surface area contributed by atoms with Crippen molar-refractivity contribution in [2.24, 2.45) is 16.8 Å². The van der Waals surface area contributed by atoms with Crippen LogP contribution in [0.2, 0.25) is 0 Å². The number of aromatic amines is 1. The van der Waals surface area contributed by atoms with E-state index in [2.05, 4.69) is 80.7 Å². The highest BCUT2D eigenvalue weighted by atomic mass is 16.2. The predicted octanol–water partition coefficient (Wildman–Crippen LogP) is 3.33. The van der Waals surface area contributed by atoms with E-state index in [1.807, 2.05) is 11.1 Å². The SMILES string of the molecule is CC1=CC=CC(C)C1CN1CCCC(NC(=O)N2CCc3[nH]nc(C4=CN5CC=NC5C=C4)c3C2)C1. The molecule has 190 valence electrons. The Balaban J connectivity index is 1.08. The lowest BCUT2D eigenvalue weighted by atomic mass is 9.83. The Morgan fingerprint density at radius 1 is 1.28 bits per heavy atom. The zero-order chi connectivity index (χ0) is 24.6. The minimum atomic E-state index is 0.0471. The molecule has 36 heavy (non-hydrogen) atoms. The maximum atomic E-state index is 13.3. The first kappa shape index (κ1) is 23.3. The van der Waals surface area contributed by atoms with Crippen LogP contribution in [0.1, 0.15) is 43.6 Å². The number of rotatable bonds is 4. The van der Waals surface area contributed by atoms with E-state index in [4.69, 9.17) is 0 Å². The first-order chi connectivity index (χ1) is 17.5. The number of nitrogens with one attached hydrogen (secondary N) is 2. The van der Waals surface area contributed by atoms with Gasteiger partial charge in [0.1, 0.15) is 6.17 Å². The van der Waals surface area contributed by atoms with Crippen molar-refractivity contribution < 1.29 is 4.79 Å². The molecule has 4 unspecified atom stereocenters. The van der Waals surface area contributed by atoms with Gasteiger partial charge in [0.15, 0.2) is 0 Å². The molecule has 1 aromatic heterocycles. The third kappa shape index (κ3) is 4.54. The van der Waals surface area contributed by atoms with Gasteiger partial charge in [-0.05, 0) is 44.2 Å². The Kier molecular flexibility index (Phi) is 6.29. The second kappa shape index (κ2) is 9.73. The van der Waals surface area contributed by atoms with Crippen LogP contribution < -0.4 is 5.32 Å². The van der Waals surface area contributed by atoms with Crippen LogP contribution in [0.5, 0.6) is 0 Å². The van der Waals surface area contributed by atoms with Crippen molar-refractivity contribution in [2.75, 3.05) is 32.7 Å².